The minimum absolute atomic E-state index is 0. The quantitative estimate of drug-likeness (QED) is 0.719. The predicted octanol–water partition coefficient (Wildman–Crippen LogP) is 4.03. The van der Waals surface area contributed by atoms with Gasteiger partial charge in [-0.15, -0.1) is 0 Å². The second-order valence-corrected chi connectivity index (χ2v) is 5.83. The zero-order chi connectivity index (χ0) is 13.8. The van der Waals surface area contributed by atoms with Crippen molar-refractivity contribution in [2.75, 3.05) is 14.2 Å². The minimum Gasteiger partial charge on any atom is -0.412 e. The molecule has 0 unspecified atom stereocenters. The van der Waals surface area contributed by atoms with Crippen LogP contribution in [0.1, 0.15) is 78.6 Å². The largest absolute Gasteiger partial charge is 0.412 e. The third kappa shape index (κ3) is 10.6. The van der Waals surface area contributed by atoms with Crippen LogP contribution in [0, 0.1) is 17.8 Å². The van der Waals surface area contributed by atoms with Crippen molar-refractivity contribution in [3.05, 3.63) is 0 Å². The third-order valence-electron chi connectivity index (χ3n) is 4.38. The third-order valence-corrected chi connectivity index (χ3v) is 4.38. The van der Waals surface area contributed by atoms with Crippen LogP contribution in [0.2, 0.25) is 0 Å². The molecule has 3 nitrogen and oxygen atoms in total. The van der Waals surface area contributed by atoms with Crippen molar-refractivity contribution in [1.82, 2.24) is 0 Å². The van der Waals surface area contributed by atoms with Crippen molar-refractivity contribution < 1.29 is 15.7 Å². The summed E-state index contributed by atoms with van der Waals surface area (Å²) in [5.41, 5.74) is 0. The normalized spacial score (nSPS) is 25.6. The zero-order valence-corrected chi connectivity index (χ0v) is 14.5. The van der Waals surface area contributed by atoms with E-state index in [0.29, 0.717) is 0 Å². The molecule has 0 aromatic heterocycles. The number of methoxy groups -OCH3 is 1. The van der Waals surface area contributed by atoms with Gasteiger partial charge >= 0.3 is 0 Å². The lowest BCUT2D eigenvalue weighted by Crippen LogP contribution is -2.22. The zero-order valence-electron chi connectivity index (χ0n) is 14.5. The Balaban J connectivity index is -0.000000369. The second kappa shape index (κ2) is 16.9. The molecule has 2 fully saturated rings. The van der Waals surface area contributed by atoms with Gasteiger partial charge in [0.05, 0.1) is 0 Å². The Bertz CT molecular complexity index is 160. The Labute approximate surface area is 127 Å². The fourth-order valence-corrected chi connectivity index (χ4v) is 3.36. The summed E-state index contributed by atoms with van der Waals surface area (Å²) in [4.78, 5) is 0. The highest BCUT2D eigenvalue weighted by Gasteiger charge is 2.26. The number of ether oxygens (including phenoxy) is 1. The first-order valence-corrected chi connectivity index (χ1v) is 8.18. The van der Waals surface area contributed by atoms with Gasteiger partial charge in [-0.2, -0.15) is 0 Å². The summed E-state index contributed by atoms with van der Waals surface area (Å²) in [6, 6.07) is 0. The highest BCUT2D eigenvalue weighted by atomic mass is 16.4. The SMILES string of the molecule is CC.CC1CCC(C2CCCCC2)CC1.COC.O.O. The Morgan fingerprint density at radius 2 is 1.00 bits per heavy atom. The molecule has 0 saturated heterocycles. The molecule has 0 aromatic rings. The molecule has 20 heavy (non-hydrogen) atoms. The topological polar surface area (TPSA) is 72.2 Å². The van der Waals surface area contributed by atoms with Crippen LogP contribution in [-0.2, 0) is 4.74 Å². The van der Waals surface area contributed by atoms with Crippen LogP contribution in [-0.4, -0.2) is 25.2 Å². The minimum atomic E-state index is 0. The molecule has 0 bridgehead atoms. The van der Waals surface area contributed by atoms with Gasteiger partial charge in [-0.25, -0.2) is 0 Å². The average molecular weight is 293 g/mol. The summed E-state index contributed by atoms with van der Waals surface area (Å²) in [6.45, 7) is 6.43. The van der Waals surface area contributed by atoms with Crippen molar-refractivity contribution in [2.45, 2.75) is 78.6 Å². The van der Waals surface area contributed by atoms with Crippen LogP contribution < -0.4 is 0 Å². The molecule has 2 rings (SSSR count). The summed E-state index contributed by atoms with van der Waals surface area (Å²) in [6.07, 6.45) is 13.8. The van der Waals surface area contributed by atoms with Gasteiger partial charge in [0.15, 0.2) is 0 Å². The average Bonchev–Trinajstić information content (AvgIpc) is 2.44. The molecule has 2 aliphatic carbocycles. The molecule has 0 atom stereocenters. The Morgan fingerprint density at radius 3 is 1.40 bits per heavy atom. The molecule has 0 spiro atoms. The summed E-state index contributed by atoms with van der Waals surface area (Å²) < 4.78 is 4.25. The maximum Gasteiger partial charge on any atom is 0.0351 e. The van der Waals surface area contributed by atoms with Gasteiger partial charge in [-0.1, -0.05) is 65.7 Å². The maximum absolute atomic E-state index is 4.25. The van der Waals surface area contributed by atoms with E-state index in [1.807, 2.05) is 13.8 Å². The van der Waals surface area contributed by atoms with E-state index in [1.54, 1.807) is 39.9 Å². The summed E-state index contributed by atoms with van der Waals surface area (Å²) >= 11 is 0. The fraction of sp³-hybridized carbons (Fsp3) is 1.00. The lowest BCUT2D eigenvalue weighted by Gasteiger charge is -2.34. The molecule has 0 radical (unpaired) electrons. The standard InChI is InChI=1S/C13H24.C2H6O.C2H6.2H2O/c1-11-7-9-13(10-8-11)12-5-3-2-4-6-12;1-3-2;1-2;;/h11-13H,2-10H2,1H3;1-2H3;1-2H3;2*1H2. The molecule has 3 heteroatoms. The van der Waals surface area contributed by atoms with E-state index < -0.39 is 0 Å². The smallest absolute Gasteiger partial charge is 0.0351 e. The van der Waals surface area contributed by atoms with Crippen LogP contribution in [0.5, 0.6) is 0 Å². The van der Waals surface area contributed by atoms with E-state index in [-0.39, 0.29) is 11.0 Å². The van der Waals surface area contributed by atoms with Crippen LogP contribution in [0.4, 0.5) is 0 Å². The van der Waals surface area contributed by atoms with E-state index in [2.05, 4.69) is 11.7 Å². The van der Waals surface area contributed by atoms with Gasteiger partial charge < -0.3 is 15.7 Å². The summed E-state index contributed by atoms with van der Waals surface area (Å²) in [5, 5.41) is 0. The second-order valence-electron chi connectivity index (χ2n) is 5.83. The maximum atomic E-state index is 4.25. The van der Waals surface area contributed by atoms with Crippen molar-refractivity contribution in [3.8, 4) is 0 Å². The Kier molecular flexibility index (Phi) is 21.1. The van der Waals surface area contributed by atoms with Gasteiger partial charge in [0.2, 0.25) is 0 Å². The first-order chi connectivity index (χ1) is 8.77. The molecule has 126 valence electrons. The van der Waals surface area contributed by atoms with E-state index in [1.165, 1.54) is 32.1 Å². The molecular formula is C17H40O3. The lowest BCUT2D eigenvalue weighted by molar-refractivity contribution is 0.173. The lowest BCUT2D eigenvalue weighted by atomic mass is 9.71. The molecular weight excluding hydrogens is 252 g/mol. The Morgan fingerprint density at radius 1 is 0.650 bits per heavy atom. The summed E-state index contributed by atoms with van der Waals surface area (Å²) in [5.74, 6) is 3.28. The van der Waals surface area contributed by atoms with Crippen molar-refractivity contribution >= 4 is 0 Å². The van der Waals surface area contributed by atoms with E-state index in [4.69, 9.17) is 0 Å². The van der Waals surface area contributed by atoms with E-state index >= 15 is 0 Å². The molecule has 4 N–H and O–H groups in total. The highest BCUT2D eigenvalue weighted by Crippen LogP contribution is 2.39. The van der Waals surface area contributed by atoms with E-state index in [9.17, 15) is 0 Å². The van der Waals surface area contributed by atoms with Crippen molar-refractivity contribution in [3.63, 3.8) is 0 Å². The van der Waals surface area contributed by atoms with E-state index in [0.717, 1.165) is 17.8 Å². The first-order valence-electron chi connectivity index (χ1n) is 8.18. The highest BCUT2D eigenvalue weighted by molar-refractivity contribution is 4.78. The van der Waals surface area contributed by atoms with Gasteiger partial charge in [0.1, 0.15) is 0 Å². The Hall–Kier alpha value is -0.120. The predicted molar refractivity (Wildman–Crippen MR) is 89.2 cm³/mol. The summed E-state index contributed by atoms with van der Waals surface area (Å²) in [7, 11) is 3.25. The van der Waals surface area contributed by atoms with Crippen LogP contribution in [0.3, 0.4) is 0 Å². The van der Waals surface area contributed by atoms with Crippen LogP contribution in [0.15, 0.2) is 0 Å². The van der Waals surface area contributed by atoms with Gasteiger partial charge in [0, 0.05) is 14.2 Å². The number of hydrogen-bond donors (Lipinski definition) is 0. The fourth-order valence-electron chi connectivity index (χ4n) is 3.36. The molecule has 0 aliphatic heterocycles. The molecule has 2 saturated carbocycles. The van der Waals surface area contributed by atoms with Crippen LogP contribution in [0.25, 0.3) is 0 Å². The van der Waals surface area contributed by atoms with Crippen LogP contribution >= 0.6 is 0 Å². The molecule has 0 amide bonds. The van der Waals surface area contributed by atoms with Crippen molar-refractivity contribution in [2.24, 2.45) is 17.8 Å². The molecule has 0 aromatic carbocycles. The molecule has 0 heterocycles. The molecule has 2 aliphatic rings. The van der Waals surface area contributed by atoms with Gasteiger partial charge in [-0.3, -0.25) is 0 Å². The number of hydrogen-bond acceptors (Lipinski definition) is 1. The monoisotopic (exact) mass is 292 g/mol. The van der Waals surface area contributed by atoms with Gasteiger partial charge in [-0.05, 0) is 30.6 Å². The van der Waals surface area contributed by atoms with Crippen molar-refractivity contribution in [1.29, 1.82) is 0 Å². The van der Waals surface area contributed by atoms with Gasteiger partial charge in [0.25, 0.3) is 0 Å². The first kappa shape index (κ1) is 24.9. The number of rotatable bonds is 1.